The molecule has 3 heteroatoms. The molecule has 0 saturated heterocycles. The Morgan fingerprint density at radius 1 is 1.18 bits per heavy atom. The van der Waals surface area contributed by atoms with Crippen LogP contribution in [0, 0.1) is 0 Å². The zero-order chi connectivity index (χ0) is 13.1. The van der Waals surface area contributed by atoms with E-state index in [9.17, 15) is 4.79 Å². The van der Waals surface area contributed by atoms with Crippen molar-refractivity contribution in [1.82, 2.24) is 5.32 Å². The fourth-order valence-electron chi connectivity index (χ4n) is 2.14. The van der Waals surface area contributed by atoms with Gasteiger partial charge in [-0.1, -0.05) is 39.5 Å². The molecular weight excluding hydrogens is 214 g/mol. The third-order valence-electron chi connectivity index (χ3n) is 3.03. The summed E-state index contributed by atoms with van der Waals surface area (Å²) in [4.78, 5) is 11.6. The van der Waals surface area contributed by atoms with Crippen molar-refractivity contribution < 1.29 is 9.53 Å². The van der Waals surface area contributed by atoms with Crippen LogP contribution in [-0.4, -0.2) is 24.7 Å². The van der Waals surface area contributed by atoms with E-state index in [4.69, 9.17) is 4.74 Å². The van der Waals surface area contributed by atoms with Crippen LogP contribution in [0.4, 0.5) is 0 Å². The lowest BCUT2D eigenvalue weighted by Gasteiger charge is -2.29. The van der Waals surface area contributed by atoms with Crippen LogP contribution in [0.5, 0.6) is 0 Å². The number of esters is 1. The second-order valence-electron chi connectivity index (χ2n) is 4.88. The van der Waals surface area contributed by atoms with Gasteiger partial charge in [-0.05, 0) is 26.8 Å². The maximum absolute atomic E-state index is 11.6. The summed E-state index contributed by atoms with van der Waals surface area (Å²) in [5.74, 6) is -0.0913. The van der Waals surface area contributed by atoms with Gasteiger partial charge in [-0.2, -0.15) is 0 Å². The van der Waals surface area contributed by atoms with E-state index in [0.717, 1.165) is 13.0 Å². The lowest BCUT2D eigenvalue weighted by atomic mass is 9.90. The molecule has 0 aromatic carbocycles. The summed E-state index contributed by atoms with van der Waals surface area (Å²) in [6.45, 7) is 9.63. The highest BCUT2D eigenvalue weighted by Crippen LogP contribution is 2.20. The molecule has 102 valence electrons. The molecule has 0 aliphatic rings. The van der Waals surface area contributed by atoms with Crippen LogP contribution in [0.15, 0.2) is 0 Å². The Morgan fingerprint density at radius 2 is 1.88 bits per heavy atom. The number of carbonyl (C=O) groups excluding carboxylic acids is 1. The van der Waals surface area contributed by atoms with Gasteiger partial charge < -0.3 is 10.1 Å². The molecule has 3 nitrogen and oxygen atoms in total. The number of unbranched alkanes of at least 4 members (excludes halogenated alkanes) is 3. The van der Waals surface area contributed by atoms with Crippen LogP contribution < -0.4 is 5.32 Å². The summed E-state index contributed by atoms with van der Waals surface area (Å²) in [6.07, 6.45) is 6.47. The van der Waals surface area contributed by atoms with Gasteiger partial charge in [0, 0.05) is 5.54 Å². The van der Waals surface area contributed by atoms with E-state index in [1.807, 2.05) is 6.92 Å². The third kappa shape index (κ3) is 8.19. The molecule has 0 aromatic rings. The number of rotatable bonds is 10. The number of carbonyl (C=O) groups is 1. The molecule has 0 aromatic heterocycles. The zero-order valence-corrected chi connectivity index (χ0v) is 12.0. The molecule has 0 amide bonds. The topological polar surface area (TPSA) is 38.3 Å². The second kappa shape index (κ2) is 9.46. The van der Waals surface area contributed by atoms with Crippen molar-refractivity contribution >= 4 is 5.97 Å². The van der Waals surface area contributed by atoms with E-state index < -0.39 is 0 Å². The fraction of sp³-hybridized carbons (Fsp3) is 0.929. The third-order valence-corrected chi connectivity index (χ3v) is 3.03. The molecule has 0 spiro atoms. The van der Waals surface area contributed by atoms with Gasteiger partial charge in [-0.3, -0.25) is 4.79 Å². The van der Waals surface area contributed by atoms with Crippen LogP contribution in [0.1, 0.15) is 66.2 Å². The number of nitrogens with one attached hydrogen (secondary N) is 1. The first-order chi connectivity index (χ1) is 8.08. The van der Waals surface area contributed by atoms with Crippen molar-refractivity contribution in [2.75, 3.05) is 13.2 Å². The van der Waals surface area contributed by atoms with Crippen molar-refractivity contribution in [3.05, 3.63) is 0 Å². The maximum Gasteiger partial charge on any atom is 0.307 e. The van der Waals surface area contributed by atoms with Gasteiger partial charge in [0.2, 0.25) is 0 Å². The largest absolute Gasteiger partial charge is 0.466 e. The molecule has 0 saturated carbocycles. The summed E-state index contributed by atoms with van der Waals surface area (Å²) in [7, 11) is 0. The van der Waals surface area contributed by atoms with Gasteiger partial charge in [0.15, 0.2) is 0 Å². The van der Waals surface area contributed by atoms with Crippen molar-refractivity contribution in [2.24, 2.45) is 0 Å². The summed E-state index contributed by atoms with van der Waals surface area (Å²) in [5.41, 5.74) is -0.102. The van der Waals surface area contributed by atoms with E-state index in [1.165, 1.54) is 25.7 Å². The molecule has 1 unspecified atom stereocenters. The minimum atomic E-state index is -0.102. The van der Waals surface area contributed by atoms with Crippen LogP contribution in [0.25, 0.3) is 0 Å². The first-order valence-electron chi connectivity index (χ1n) is 6.98. The minimum absolute atomic E-state index is 0.0913. The number of hydrogen-bond acceptors (Lipinski definition) is 3. The van der Waals surface area contributed by atoms with E-state index in [-0.39, 0.29) is 11.5 Å². The quantitative estimate of drug-likeness (QED) is 0.473. The molecule has 0 rings (SSSR count). The maximum atomic E-state index is 11.6. The molecule has 0 aliphatic carbocycles. The predicted octanol–water partition coefficient (Wildman–Crippen LogP) is 3.28. The van der Waals surface area contributed by atoms with Gasteiger partial charge in [-0.15, -0.1) is 0 Å². The summed E-state index contributed by atoms with van der Waals surface area (Å²) < 4.78 is 5.03. The van der Waals surface area contributed by atoms with E-state index >= 15 is 0 Å². The standard InChI is InChI=1S/C14H29NO2/c1-5-8-9-10-11-14(4,15-6-2)12-13(16)17-7-3/h15H,5-12H2,1-4H3. The molecule has 0 bridgehead atoms. The van der Waals surface area contributed by atoms with Crippen molar-refractivity contribution in [2.45, 2.75) is 71.8 Å². The van der Waals surface area contributed by atoms with Gasteiger partial charge >= 0.3 is 5.97 Å². The van der Waals surface area contributed by atoms with Crippen LogP contribution in [-0.2, 0) is 9.53 Å². The molecular formula is C14H29NO2. The van der Waals surface area contributed by atoms with Gasteiger partial charge in [0.25, 0.3) is 0 Å². The first-order valence-corrected chi connectivity index (χ1v) is 6.98. The molecule has 0 aliphatic heterocycles. The Morgan fingerprint density at radius 3 is 2.41 bits per heavy atom. The monoisotopic (exact) mass is 243 g/mol. The highest BCUT2D eigenvalue weighted by Gasteiger charge is 2.26. The Balaban J connectivity index is 4.09. The Kier molecular flexibility index (Phi) is 9.14. The normalized spacial score (nSPS) is 14.4. The lowest BCUT2D eigenvalue weighted by molar-refractivity contribution is -0.144. The van der Waals surface area contributed by atoms with Crippen molar-refractivity contribution in [1.29, 1.82) is 0 Å². The summed E-state index contributed by atoms with van der Waals surface area (Å²) in [6, 6.07) is 0. The Bertz CT molecular complexity index is 206. The smallest absolute Gasteiger partial charge is 0.307 e. The van der Waals surface area contributed by atoms with E-state index in [2.05, 4.69) is 26.1 Å². The summed E-state index contributed by atoms with van der Waals surface area (Å²) >= 11 is 0. The zero-order valence-electron chi connectivity index (χ0n) is 12.0. The van der Waals surface area contributed by atoms with Gasteiger partial charge in [0.1, 0.15) is 0 Å². The second-order valence-corrected chi connectivity index (χ2v) is 4.88. The highest BCUT2D eigenvalue weighted by molar-refractivity contribution is 5.70. The Hall–Kier alpha value is -0.570. The number of hydrogen-bond donors (Lipinski definition) is 1. The minimum Gasteiger partial charge on any atom is -0.466 e. The number of ether oxygens (including phenoxy) is 1. The molecule has 0 heterocycles. The SMILES string of the molecule is CCCCCCC(C)(CC(=O)OCC)NCC. The lowest BCUT2D eigenvalue weighted by Crippen LogP contribution is -2.44. The predicted molar refractivity (Wildman–Crippen MR) is 72.1 cm³/mol. The first kappa shape index (κ1) is 16.4. The molecule has 1 N–H and O–H groups in total. The molecule has 1 atom stereocenters. The van der Waals surface area contributed by atoms with Gasteiger partial charge in [0.05, 0.1) is 13.0 Å². The van der Waals surface area contributed by atoms with E-state index in [1.54, 1.807) is 0 Å². The van der Waals surface area contributed by atoms with Crippen LogP contribution in [0.3, 0.4) is 0 Å². The molecule has 17 heavy (non-hydrogen) atoms. The van der Waals surface area contributed by atoms with Gasteiger partial charge in [-0.25, -0.2) is 0 Å². The van der Waals surface area contributed by atoms with Crippen LogP contribution in [0.2, 0.25) is 0 Å². The molecule has 0 radical (unpaired) electrons. The summed E-state index contributed by atoms with van der Waals surface area (Å²) in [5, 5.41) is 3.42. The van der Waals surface area contributed by atoms with E-state index in [0.29, 0.717) is 13.0 Å². The van der Waals surface area contributed by atoms with Crippen molar-refractivity contribution in [3.8, 4) is 0 Å². The van der Waals surface area contributed by atoms with Crippen molar-refractivity contribution in [3.63, 3.8) is 0 Å². The average molecular weight is 243 g/mol. The average Bonchev–Trinajstić information content (AvgIpc) is 2.25. The highest BCUT2D eigenvalue weighted by atomic mass is 16.5. The van der Waals surface area contributed by atoms with Crippen LogP contribution >= 0.6 is 0 Å². The Labute approximate surface area is 106 Å². The fourth-order valence-corrected chi connectivity index (χ4v) is 2.14. The molecule has 0 fully saturated rings.